The zero-order chi connectivity index (χ0) is 15.2. The highest BCUT2D eigenvalue weighted by Crippen LogP contribution is 2.27. The molecular formula is C16H23ClN2O2. The number of hydrogen-bond acceptors (Lipinski definition) is 3. The lowest BCUT2D eigenvalue weighted by molar-refractivity contribution is -0.117. The maximum absolute atomic E-state index is 12.2. The molecule has 2 rings (SSSR count). The lowest BCUT2D eigenvalue weighted by Crippen LogP contribution is -2.39. The molecular weight excluding hydrogens is 288 g/mol. The minimum absolute atomic E-state index is 0.00461. The van der Waals surface area contributed by atoms with Crippen molar-refractivity contribution in [1.29, 1.82) is 0 Å². The molecule has 1 saturated carbocycles. The van der Waals surface area contributed by atoms with Crippen molar-refractivity contribution in [2.24, 2.45) is 0 Å². The van der Waals surface area contributed by atoms with Crippen LogP contribution in [0.25, 0.3) is 0 Å². The van der Waals surface area contributed by atoms with Crippen LogP contribution in [0.15, 0.2) is 18.2 Å². The molecule has 0 atom stereocenters. The molecule has 0 unspecified atom stereocenters. The van der Waals surface area contributed by atoms with Gasteiger partial charge in [0.1, 0.15) is 5.75 Å². The zero-order valence-electron chi connectivity index (χ0n) is 12.7. The van der Waals surface area contributed by atoms with E-state index in [1.54, 1.807) is 25.3 Å². The van der Waals surface area contributed by atoms with E-state index in [0.717, 1.165) is 6.54 Å². The number of halogens is 1. The molecule has 0 bridgehead atoms. The number of amides is 1. The molecule has 0 spiro atoms. The maximum Gasteiger partial charge on any atom is 0.238 e. The molecule has 1 fully saturated rings. The van der Waals surface area contributed by atoms with Gasteiger partial charge >= 0.3 is 0 Å². The minimum Gasteiger partial charge on any atom is -0.495 e. The number of rotatable bonds is 6. The van der Waals surface area contributed by atoms with Crippen molar-refractivity contribution in [3.05, 3.63) is 23.2 Å². The minimum atomic E-state index is 0.00461. The van der Waals surface area contributed by atoms with E-state index >= 15 is 0 Å². The first-order valence-electron chi connectivity index (χ1n) is 7.51. The highest BCUT2D eigenvalue weighted by Gasteiger charge is 2.23. The highest BCUT2D eigenvalue weighted by molar-refractivity contribution is 6.32. The molecule has 5 heteroatoms. The SMILES string of the molecule is CCN(CC(=O)Nc1ccc(OC)c(Cl)c1)C1CCCC1. The fourth-order valence-electron chi connectivity index (χ4n) is 2.90. The van der Waals surface area contributed by atoms with Crippen molar-refractivity contribution >= 4 is 23.2 Å². The molecule has 1 aromatic rings. The van der Waals surface area contributed by atoms with Gasteiger partial charge in [-0.15, -0.1) is 0 Å². The number of hydrogen-bond donors (Lipinski definition) is 1. The largest absolute Gasteiger partial charge is 0.495 e. The van der Waals surface area contributed by atoms with E-state index in [1.807, 2.05) is 0 Å². The summed E-state index contributed by atoms with van der Waals surface area (Å²) in [6.45, 7) is 3.45. The molecule has 1 aliphatic rings. The number of nitrogens with one attached hydrogen (secondary N) is 1. The van der Waals surface area contributed by atoms with Crippen molar-refractivity contribution in [2.45, 2.75) is 38.6 Å². The second-order valence-electron chi connectivity index (χ2n) is 5.40. The number of nitrogens with zero attached hydrogens (tertiary/aromatic N) is 1. The first-order valence-corrected chi connectivity index (χ1v) is 7.89. The number of carbonyl (C=O) groups is 1. The van der Waals surface area contributed by atoms with Crippen LogP contribution in [-0.4, -0.2) is 37.0 Å². The van der Waals surface area contributed by atoms with Crippen molar-refractivity contribution < 1.29 is 9.53 Å². The van der Waals surface area contributed by atoms with Crippen LogP contribution in [0.1, 0.15) is 32.6 Å². The fourth-order valence-corrected chi connectivity index (χ4v) is 3.16. The van der Waals surface area contributed by atoms with Gasteiger partial charge in [-0.2, -0.15) is 0 Å². The Morgan fingerprint density at radius 3 is 2.71 bits per heavy atom. The summed E-state index contributed by atoms with van der Waals surface area (Å²) in [7, 11) is 1.57. The van der Waals surface area contributed by atoms with Gasteiger partial charge in [-0.05, 0) is 37.6 Å². The van der Waals surface area contributed by atoms with Crippen LogP contribution in [0, 0.1) is 0 Å². The van der Waals surface area contributed by atoms with Gasteiger partial charge in [-0.1, -0.05) is 31.4 Å². The van der Waals surface area contributed by atoms with Crippen molar-refractivity contribution in [2.75, 3.05) is 25.5 Å². The molecule has 0 saturated heterocycles. The van der Waals surface area contributed by atoms with E-state index in [2.05, 4.69) is 17.1 Å². The number of benzene rings is 1. The van der Waals surface area contributed by atoms with Crippen LogP contribution in [0.2, 0.25) is 5.02 Å². The van der Waals surface area contributed by atoms with Gasteiger partial charge in [-0.3, -0.25) is 9.69 Å². The van der Waals surface area contributed by atoms with Crippen molar-refractivity contribution in [1.82, 2.24) is 4.90 Å². The smallest absolute Gasteiger partial charge is 0.238 e. The third-order valence-electron chi connectivity index (χ3n) is 4.03. The van der Waals surface area contributed by atoms with Crippen molar-refractivity contribution in [3.63, 3.8) is 0 Å². The monoisotopic (exact) mass is 310 g/mol. The molecule has 1 aliphatic carbocycles. The van der Waals surface area contributed by atoms with Gasteiger partial charge in [-0.25, -0.2) is 0 Å². The number of ether oxygens (including phenoxy) is 1. The summed E-state index contributed by atoms with van der Waals surface area (Å²) in [5, 5.41) is 3.40. The molecule has 0 aromatic heterocycles. The molecule has 1 N–H and O–H groups in total. The second kappa shape index (κ2) is 7.66. The summed E-state index contributed by atoms with van der Waals surface area (Å²) in [5.41, 5.74) is 0.702. The van der Waals surface area contributed by atoms with Crippen LogP contribution in [0.3, 0.4) is 0 Å². The first-order chi connectivity index (χ1) is 10.1. The van der Waals surface area contributed by atoms with Crippen LogP contribution < -0.4 is 10.1 Å². The number of carbonyl (C=O) groups excluding carboxylic acids is 1. The molecule has 1 amide bonds. The Labute approximate surface area is 131 Å². The van der Waals surface area contributed by atoms with Gasteiger partial charge in [0.2, 0.25) is 5.91 Å². The van der Waals surface area contributed by atoms with E-state index in [4.69, 9.17) is 16.3 Å². The Morgan fingerprint density at radius 1 is 1.43 bits per heavy atom. The molecule has 0 heterocycles. The summed E-state index contributed by atoms with van der Waals surface area (Å²) < 4.78 is 5.10. The predicted molar refractivity (Wildman–Crippen MR) is 86.1 cm³/mol. The van der Waals surface area contributed by atoms with Crippen LogP contribution in [0.4, 0.5) is 5.69 Å². The quantitative estimate of drug-likeness (QED) is 0.873. The van der Waals surface area contributed by atoms with E-state index in [1.165, 1.54) is 25.7 Å². The Morgan fingerprint density at radius 2 is 2.14 bits per heavy atom. The lowest BCUT2D eigenvalue weighted by Gasteiger charge is -2.26. The fraction of sp³-hybridized carbons (Fsp3) is 0.562. The third-order valence-corrected chi connectivity index (χ3v) is 4.32. The lowest BCUT2D eigenvalue weighted by atomic mass is 10.2. The average molecular weight is 311 g/mol. The second-order valence-corrected chi connectivity index (χ2v) is 5.81. The summed E-state index contributed by atoms with van der Waals surface area (Å²) in [5.74, 6) is 0.612. The number of methoxy groups -OCH3 is 1. The highest BCUT2D eigenvalue weighted by atomic mass is 35.5. The zero-order valence-corrected chi connectivity index (χ0v) is 13.4. The Hall–Kier alpha value is -1.26. The van der Waals surface area contributed by atoms with E-state index < -0.39 is 0 Å². The molecule has 21 heavy (non-hydrogen) atoms. The van der Waals surface area contributed by atoms with E-state index in [9.17, 15) is 4.79 Å². The summed E-state index contributed by atoms with van der Waals surface area (Å²) in [6.07, 6.45) is 4.96. The molecule has 0 aliphatic heterocycles. The average Bonchev–Trinajstić information content (AvgIpc) is 2.99. The van der Waals surface area contributed by atoms with Crippen LogP contribution in [-0.2, 0) is 4.79 Å². The Bertz CT molecular complexity index is 487. The molecule has 116 valence electrons. The van der Waals surface area contributed by atoms with Crippen LogP contribution >= 0.6 is 11.6 Å². The van der Waals surface area contributed by atoms with Gasteiger partial charge in [0.05, 0.1) is 18.7 Å². The topological polar surface area (TPSA) is 41.6 Å². The van der Waals surface area contributed by atoms with Gasteiger partial charge in [0, 0.05) is 11.7 Å². The Balaban J connectivity index is 1.92. The summed E-state index contributed by atoms with van der Waals surface area (Å²) >= 11 is 6.06. The van der Waals surface area contributed by atoms with Crippen molar-refractivity contribution in [3.8, 4) is 5.75 Å². The Kier molecular flexibility index (Phi) is 5.88. The third kappa shape index (κ3) is 4.35. The molecule has 0 radical (unpaired) electrons. The normalized spacial score (nSPS) is 15.4. The summed E-state index contributed by atoms with van der Waals surface area (Å²) in [6, 6.07) is 5.82. The van der Waals surface area contributed by atoms with Gasteiger partial charge in [0.15, 0.2) is 0 Å². The van der Waals surface area contributed by atoms with Gasteiger partial charge < -0.3 is 10.1 Å². The van der Waals surface area contributed by atoms with Crippen LogP contribution in [0.5, 0.6) is 5.75 Å². The van der Waals surface area contributed by atoms with E-state index in [0.29, 0.717) is 29.0 Å². The number of anilines is 1. The number of likely N-dealkylation sites (N-methyl/N-ethyl adjacent to an activating group) is 1. The maximum atomic E-state index is 12.2. The van der Waals surface area contributed by atoms with E-state index in [-0.39, 0.29) is 5.91 Å². The molecule has 4 nitrogen and oxygen atoms in total. The standard InChI is InChI=1S/C16H23ClN2O2/c1-3-19(13-6-4-5-7-13)11-16(20)18-12-8-9-15(21-2)14(17)10-12/h8-10,13H,3-7,11H2,1-2H3,(H,18,20). The predicted octanol–water partition coefficient (Wildman–Crippen LogP) is 3.55. The first kappa shape index (κ1) is 16.1. The van der Waals surface area contributed by atoms with Gasteiger partial charge in [0.25, 0.3) is 0 Å². The molecule has 1 aromatic carbocycles. The summed E-state index contributed by atoms with van der Waals surface area (Å²) in [4.78, 5) is 14.4.